The van der Waals surface area contributed by atoms with Crippen molar-refractivity contribution in [2.45, 2.75) is 6.61 Å². The zero-order valence-corrected chi connectivity index (χ0v) is 8.20. The van der Waals surface area contributed by atoms with E-state index in [9.17, 15) is 9.18 Å². The van der Waals surface area contributed by atoms with Gasteiger partial charge in [0.15, 0.2) is 0 Å². The fraction of sp³-hybridized carbons (Fsp3) is 0.300. The maximum atomic E-state index is 13.3. The van der Waals surface area contributed by atoms with E-state index in [-0.39, 0.29) is 12.2 Å². The van der Waals surface area contributed by atoms with Crippen molar-refractivity contribution in [3.63, 3.8) is 0 Å². The van der Waals surface area contributed by atoms with Crippen LogP contribution in [0.2, 0.25) is 0 Å². The number of halogens is 1. The average molecular weight is 212 g/mol. The molecule has 1 amide bonds. The minimum absolute atomic E-state index is 0.141. The van der Waals surface area contributed by atoms with Gasteiger partial charge < -0.3 is 16.2 Å². The number of benzene rings is 1. The Morgan fingerprint density at radius 1 is 1.47 bits per heavy atom. The average Bonchev–Trinajstić information content (AvgIpc) is 2.20. The molecule has 0 unspecified atom stereocenters. The molecule has 0 fully saturated rings. The first-order valence-electron chi connectivity index (χ1n) is 4.51. The fourth-order valence-electron chi connectivity index (χ4n) is 1.08. The van der Waals surface area contributed by atoms with Gasteiger partial charge in [-0.25, -0.2) is 4.39 Å². The van der Waals surface area contributed by atoms with Crippen LogP contribution in [0.5, 0.6) is 0 Å². The Bertz CT molecular complexity index is 355. The summed E-state index contributed by atoms with van der Waals surface area (Å²) in [5, 5.41) is 0. The zero-order chi connectivity index (χ0) is 11.3. The Balaban J connectivity index is 2.70. The number of amides is 1. The van der Waals surface area contributed by atoms with Crippen molar-refractivity contribution in [2.75, 3.05) is 13.2 Å². The van der Waals surface area contributed by atoms with Crippen molar-refractivity contribution in [1.29, 1.82) is 0 Å². The topological polar surface area (TPSA) is 78.3 Å². The number of hydrogen-bond donors (Lipinski definition) is 2. The van der Waals surface area contributed by atoms with Crippen molar-refractivity contribution in [2.24, 2.45) is 11.5 Å². The molecule has 4 N–H and O–H groups in total. The number of primary amides is 1. The highest BCUT2D eigenvalue weighted by Crippen LogP contribution is 2.11. The van der Waals surface area contributed by atoms with Gasteiger partial charge in [0.1, 0.15) is 5.82 Å². The molecule has 1 aromatic carbocycles. The Kier molecular flexibility index (Phi) is 4.20. The van der Waals surface area contributed by atoms with E-state index in [1.54, 1.807) is 0 Å². The van der Waals surface area contributed by atoms with Crippen molar-refractivity contribution in [3.05, 3.63) is 35.1 Å². The summed E-state index contributed by atoms with van der Waals surface area (Å²) in [6.45, 7) is 0.903. The Morgan fingerprint density at radius 2 is 2.20 bits per heavy atom. The van der Waals surface area contributed by atoms with E-state index in [0.717, 1.165) is 6.07 Å². The first-order chi connectivity index (χ1) is 7.15. The van der Waals surface area contributed by atoms with Crippen LogP contribution in [0, 0.1) is 5.82 Å². The number of carbonyl (C=O) groups is 1. The molecule has 82 valence electrons. The first-order valence-corrected chi connectivity index (χ1v) is 4.51. The first kappa shape index (κ1) is 11.6. The molecule has 4 nitrogen and oxygen atoms in total. The van der Waals surface area contributed by atoms with Crippen molar-refractivity contribution >= 4 is 5.91 Å². The minimum atomic E-state index is -0.650. The van der Waals surface area contributed by atoms with Crippen LogP contribution in [0.15, 0.2) is 18.2 Å². The van der Waals surface area contributed by atoms with Gasteiger partial charge in [-0.2, -0.15) is 0 Å². The normalized spacial score (nSPS) is 10.3. The fourth-order valence-corrected chi connectivity index (χ4v) is 1.08. The van der Waals surface area contributed by atoms with E-state index in [2.05, 4.69) is 0 Å². The quantitative estimate of drug-likeness (QED) is 0.693. The molecule has 0 aliphatic rings. The lowest BCUT2D eigenvalue weighted by molar-refractivity contribution is 0.0999. The van der Waals surface area contributed by atoms with E-state index >= 15 is 0 Å². The van der Waals surface area contributed by atoms with Crippen LogP contribution < -0.4 is 11.5 Å². The molecule has 15 heavy (non-hydrogen) atoms. The van der Waals surface area contributed by atoms with Crippen molar-refractivity contribution in [1.82, 2.24) is 0 Å². The summed E-state index contributed by atoms with van der Waals surface area (Å²) in [5.74, 6) is -1.15. The molecule has 0 aliphatic heterocycles. The highest BCUT2D eigenvalue weighted by atomic mass is 19.1. The van der Waals surface area contributed by atoms with Crippen LogP contribution in [-0.2, 0) is 11.3 Å². The largest absolute Gasteiger partial charge is 0.375 e. The van der Waals surface area contributed by atoms with Gasteiger partial charge in [0, 0.05) is 17.7 Å². The van der Waals surface area contributed by atoms with Gasteiger partial charge in [-0.3, -0.25) is 4.79 Å². The minimum Gasteiger partial charge on any atom is -0.375 e. The number of hydrogen-bond acceptors (Lipinski definition) is 3. The van der Waals surface area contributed by atoms with Crippen LogP contribution in [0.1, 0.15) is 15.9 Å². The highest BCUT2D eigenvalue weighted by Gasteiger charge is 2.06. The second kappa shape index (κ2) is 5.43. The monoisotopic (exact) mass is 212 g/mol. The smallest absolute Gasteiger partial charge is 0.248 e. The second-order valence-electron chi connectivity index (χ2n) is 3.01. The molecule has 0 saturated heterocycles. The van der Waals surface area contributed by atoms with E-state index in [4.69, 9.17) is 16.2 Å². The predicted octanol–water partition coefficient (Wildman–Crippen LogP) is 0.400. The lowest BCUT2D eigenvalue weighted by Gasteiger charge is -2.05. The summed E-state index contributed by atoms with van der Waals surface area (Å²) in [6.07, 6.45) is 0. The third kappa shape index (κ3) is 3.30. The number of carbonyl (C=O) groups excluding carboxylic acids is 1. The lowest BCUT2D eigenvalue weighted by atomic mass is 10.1. The van der Waals surface area contributed by atoms with Gasteiger partial charge in [0.2, 0.25) is 5.91 Å². The van der Waals surface area contributed by atoms with Gasteiger partial charge in [0.05, 0.1) is 13.2 Å². The molecule has 0 atom stereocenters. The molecule has 0 spiro atoms. The van der Waals surface area contributed by atoms with Gasteiger partial charge in [0.25, 0.3) is 0 Å². The van der Waals surface area contributed by atoms with Gasteiger partial charge in [-0.05, 0) is 12.1 Å². The molecule has 0 radical (unpaired) electrons. The summed E-state index contributed by atoms with van der Waals surface area (Å²) in [4.78, 5) is 10.7. The standard InChI is InChI=1S/C10H13FN2O2/c11-9-5-7(10(13)14)1-2-8(9)6-15-4-3-12/h1-2,5H,3-4,6,12H2,(H2,13,14). The molecular formula is C10H13FN2O2. The van der Waals surface area contributed by atoms with Crippen LogP contribution >= 0.6 is 0 Å². The van der Waals surface area contributed by atoms with Crippen molar-refractivity contribution in [3.8, 4) is 0 Å². The SMILES string of the molecule is NCCOCc1ccc(C(N)=O)cc1F. The van der Waals surface area contributed by atoms with Crippen LogP contribution in [0.4, 0.5) is 4.39 Å². The van der Waals surface area contributed by atoms with Crippen molar-refractivity contribution < 1.29 is 13.9 Å². The summed E-state index contributed by atoms with van der Waals surface area (Å²) < 4.78 is 18.4. The number of nitrogens with two attached hydrogens (primary N) is 2. The molecule has 0 saturated carbocycles. The molecule has 0 aromatic heterocycles. The van der Waals surface area contributed by atoms with E-state index in [0.29, 0.717) is 18.7 Å². The number of ether oxygens (including phenoxy) is 1. The van der Waals surface area contributed by atoms with Gasteiger partial charge in [-0.1, -0.05) is 6.07 Å². The van der Waals surface area contributed by atoms with Crippen LogP contribution in [0.25, 0.3) is 0 Å². The Morgan fingerprint density at radius 3 is 2.73 bits per heavy atom. The number of rotatable bonds is 5. The molecule has 1 rings (SSSR count). The molecule has 1 aromatic rings. The third-order valence-corrected chi connectivity index (χ3v) is 1.86. The molecule has 0 bridgehead atoms. The van der Waals surface area contributed by atoms with E-state index in [1.165, 1.54) is 12.1 Å². The van der Waals surface area contributed by atoms with Crippen LogP contribution in [0.3, 0.4) is 0 Å². The maximum Gasteiger partial charge on any atom is 0.248 e. The molecular weight excluding hydrogens is 199 g/mol. The zero-order valence-electron chi connectivity index (χ0n) is 8.20. The van der Waals surface area contributed by atoms with E-state index < -0.39 is 11.7 Å². The van der Waals surface area contributed by atoms with Crippen LogP contribution in [-0.4, -0.2) is 19.1 Å². The predicted molar refractivity (Wildman–Crippen MR) is 53.6 cm³/mol. The van der Waals surface area contributed by atoms with Gasteiger partial charge >= 0.3 is 0 Å². The molecule has 0 heterocycles. The van der Waals surface area contributed by atoms with E-state index in [1.807, 2.05) is 0 Å². The maximum absolute atomic E-state index is 13.3. The summed E-state index contributed by atoms with van der Waals surface area (Å²) >= 11 is 0. The summed E-state index contributed by atoms with van der Waals surface area (Å²) in [7, 11) is 0. The summed E-state index contributed by atoms with van der Waals surface area (Å²) in [6, 6.07) is 4.04. The third-order valence-electron chi connectivity index (χ3n) is 1.86. The Labute approximate surface area is 87.0 Å². The highest BCUT2D eigenvalue weighted by molar-refractivity contribution is 5.92. The Hall–Kier alpha value is -1.46. The summed E-state index contributed by atoms with van der Waals surface area (Å²) in [5.41, 5.74) is 10.7. The molecule has 0 aliphatic carbocycles. The molecule has 5 heteroatoms. The van der Waals surface area contributed by atoms with Gasteiger partial charge in [-0.15, -0.1) is 0 Å². The lowest BCUT2D eigenvalue weighted by Crippen LogP contribution is -2.12. The second-order valence-corrected chi connectivity index (χ2v) is 3.01.